The van der Waals surface area contributed by atoms with Crippen molar-refractivity contribution in [3.63, 3.8) is 0 Å². The van der Waals surface area contributed by atoms with E-state index in [2.05, 4.69) is 0 Å². The van der Waals surface area contributed by atoms with Gasteiger partial charge in [-0.3, -0.25) is 9.59 Å². The summed E-state index contributed by atoms with van der Waals surface area (Å²) in [4.78, 5) is 27.4. The number of benzene rings is 1. The number of amides is 2. The number of hydrogen-bond donors (Lipinski definition) is 0. The number of sulfonamides is 1. The van der Waals surface area contributed by atoms with E-state index in [9.17, 15) is 31.2 Å². The summed E-state index contributed by atoms with van der Waals surface area (Å²) in [5.41, 5.74) is -4.80. The van der Waals surface area contributed by atoms with Crippen LogP contribution in [0.3, 0.4) is 0 Å². The molecule has 32 heavy (non-hydrogen) atoms. The molecule has 4 atom stereocenters. The van der Waals surface area contributed by atoms with Gasteiger partial charge in [0.2, 0.25) is 21.8 Å². The van der Waals surface area contributed by atoms with Crippen LogP contribution in [-0.2, 0) is 30.5 Å². The van der Waals surface area contributed by atoms with Crippen molar-refractivity contribution in [3.05, 3.63) is 29.3 Å². The molecule has 0 radical (unpaired) electrons. The molecule has 1 aromatic rings. The third-order valence-electron chi connectivity index (χ3n) is 6.51. The Balaban J connectivity index is 1.78. The van der Waals surface area contributed by atoms with Crippen molar-refractivity contribution in [1.82, 2.24) is 4.31 Å². The van der Waals surface area contributed by atoms with Crippen LogP contribution in [0.2, 0.25) is 0 Å². The molecule has 2 bridgehead atoms. The van der Waals surface area contributed by atoms with Crippen LogP contribution >= 0.6 is 0 Å². The standard InChI is InChI=1S/C20H20F3N3O5S/c1-4-32(29,30)25-9-18(2)14-15(19(3,10-25)31-18)17(28)26(16(14)27)12-6-5-11(8-24)13(7-12)20(21,22)23/h5-7,14-15H,4,9-10H2,1-3H3. The lowest BCUT2D eigenvalue weighted by molar-refractivity contribution is -0.157. The monoisotopic (exact) mass is 471 g/mol. The highest BCUT2D eigenvalue weighted by molar-refractivity contribution is 7.89. The Morgan fingerprint density at radius 2 is 1.69 bits per heavy atom. The third-order valence-corrected chi connectivity index (χ3v) is 8.29. The second-order valence-electron chi connectivity index (χ2n) is 8.70. The van der Waals surface area contributed by atoms with E-state index in [1.165, 1.54) is 17.3 Å². The van der Waals surface area contributed by atoms with E-state index < -0.39 is 62.2 Å². The number of anilines is 1. The number of carbonyl (C=O) groups excluding carboxylic acids is 2. The van der Waals surface area contributed by atoms with E-state index in [4.69, 9.17) is 10.00 Å². The van der Waals surface area contributed by atoms with Crippen molar-refractivity contribution in [1.29, 1.82) is 5.26 Å². The number of ether oxygens (including phenoxy) is 1. The first-order valence-electron chi connectivity index (χ1n) is 9.86. The summed E-state index contributed by atoms with van der Waals surface area (Å²) in [6.07, 6.45) is -4.85. The molecule has 4 rings (SSSR count). The van der Waals surface area contributed by atoms with Crippen LogP contribution in [0.4, 0.5) is 18.9 Å². The average Bonchev–Trinajstić information content (AvgIpc) is 3.06. The highest BCUT2D eigenvalue weighted by atomic mass is 32.2. The maximum atomic E-state index is 13.4. The maximum absolute atomic E-state index is 13.4. The van der Waals surface area contributed by atoms with Crippen LogP contribution in [0.15, 0.2) is 18.2 Å². The zero-order chi connectivity index (χ0) is 23.9. The number of hydrogen-bond acceptors (Lipinski definition) is 6. The van der Waals surface area contributed by atoms with E-state index in [-0.39, 0.29) is 24.5 Å². The minimum Gasteiger partial charge on any atom is -0.365 e. The van der Waals surface area contributed by atoms with Gasteiger partial charge in [-0.05, 0) is 39.0 Å². The van der Waals surface area contributed by atoms with E-state index in [1.807, 2.05) is 0 Å². The van der Waals surface area contributed by atoms with Gasteiger partial charge >= 0.3 is 6.18 Å². The minimum absolute atomic E-state index is 0.145. The lowest BCUT2D eigenvalue weighted by atomic mass is 9.79. The van der Waals surface area contributed by atoms with E-state index in [0.29, 0.717) is 11.0 Å². The second kappa shape index (κ2) is 6.76. The summed E-state index contributed by atoms with van der Waals surface area (Å²) >= 11 is 0. The highest BCUT2D eigenvalue weighted by Crippen LogP contribution is 2.56. The summed E-state index contributed by atoms with van der Waals surface area (Å²) in [6.45, 7) is 4.28. The Morgan fingerprint density at radius 1 is 1.16 bits per heavy atom. The number of halogens is 3. The summed E-state index contributed by atoms with van der Waals surface area (Å²) in [5.74, 6) is -3.77. The van der Waals surface area contributed by atoms with Crippen LogP contribution in [0, 0.1) is 23.2 Å². The predicted octanol–water partition coefficient (Wildman–Crippen LogP) is 1.90. The van der Waals surface area contributed by atoms with Gasteiger partial charge in [0.25, 0.3) is 0 Å². The third kappa shape index (κ3) is 3.06. The Morgan fingerprint density at radius 3 is 2.12 bits per heavy atom. The molecule has 0 spiro atoms. The van der Waals surface area contributed by atoms with Gasteiger partial charge < -0.3 is 4.74 Å². The molecule has 12 heteroatoms. The van der Waals surface area contributed by atoms with Crippen LogP contribution in [0.1, 0.15) is 31.9 Å². The second-order valence-corrected chi connectivity index (χ2v) is 11.0. The molecule has 0 saturated carbocycles. The van der Waals surface area contributed by atoms with Gasteiger partial charge in [-0.2, -0.15) is 22.7 Å². The fourth-order valence-electron chi connectivity index (χ4n) is 5.21. The number of fused-ring (bicyclic) bond motifs is 5. The van der Waals surface area contributed by atoms with Gasteiger partial charge in [0.05, 0.1) is 51.7 Å². The van der Waals surface area contributed by atoms with Crippen LogP contribution in [-0.4, -0.2) is 54.6 Å². The zero-order valence-corrected chi connectivity index (χ0v) is 18.2. The Bertz CT molecular complexity index is 1140. The number of alkyl halides is 3. The zero-order valence-electron chi connectivity index (χ0n) is 17.4. The first-order valence-corrected chi connectivity index (χ1v) is 11.5. The summed E-state index contributed by atoms with van der Waals surface area (Å²) in [6, 6.07) is 4.12. The first kappa shape index (κ1) is 22.7. The fraction of sp³-hybridized carbons (Fsp3) is 0.550. The molecule has 3 heterocycles. The van der Waals surface area contributed by atoms with Crippen LogP contribution in [0.25, 0.3) is 0 Å². The predicted molar refractivity (Wildman–Crippen MR) is 105 cm³/mol. The summed E-state index contributed by atoms with van der Waals surface area (Å²) in [5, 5.41) is 8.99. The molecule has 3 aliphatic rings. The number of carbonyl (C=O) groups is 2. The van der Waals surface area contributed by atoms with Gasteiger partial charge in [-0.25, -0.2) is 13.3 Å². The topological polar surface area (TPSA) is 108 Å². The largest absolute Gasteiger partial charge is 0.417 e. The van der Waals surface area contributed by atoms with Crippen molar-refractivity contribution in [2.45, 2.75) is 38.1 Å². The molecule has 3 aliphatic heterocycles. The lowest BCUT2D eigenvalue weighted by Crippen LogP contribution is -2.59. The van der Waals surface area contributed by atoms with Crippen molar-refractivity contribution >= 4 is 27.5 Å². The fourth-order valence-corrected chi connectivity index (χ4v) is 6.48. The Labute approximate surface area is 182 Å². The molecule has 2 amide bonds. The molecule has 0 N–H and O–H groups in total. The summed E-state index contributed by atoms with van der Waals surface area (Å²) in [7, 11) is -3.62. The molecule has 8 nitrogen and oxygen atoms in total. The van der Waals surface area contributed by atoms with E-state index in [0.717, 1.165) is 12.1 Å². The molecule has 3 fully saturated rings. The summed E-state index contributed by atoms with van der Waals surface area (Å²) < 4.78 is 72.4. The maximum Gasteiger partial charge on any atom is 0.417 e. The van der Waals surface area contributed by atoms with Gasteiger partial charge in [0.1, 0.15) is 0 Å². The highest BCUT2D eigenvalue weighted by Gasteiger charge is 2.72. The quantitative estimate of drug-likeness (QED) is 0.623. The molecule has 0 aliphatic carbocycles. The molecule has 0 aromatic heterocycles. The van der Waals surface area contributed by atoms with Crippen molar-refractivity contribution in [2.75, 3.05) is 23.7 Å². The number of imide groups is 1. The molecule has 1 aromatic carbocycles. The smallest absolute Gasteiger partial charge is 0.365 e. The van der Waals surface area contributed by atoms with Crippen molar-refractivity contribution < 1.29 is 35.9 Å². The Hall–Kier alpha value is -2.49. The number of rotatable bonds is 3. The van der Waals surface area contributed by atoms with Crippen LogP contribution in [0.5, 0.6) is 0 Å². The minimum atomic E-state index is -4.85. The molecule has 3 saturated heterocycles. The molecule has 4 unspecified atom stereocenters. The Kier molecular flexibility index (Phi) is 4.79. The van der Waals surface area contributed by atoms with Gasteiger partial charge in [-0.15, -0.1) is 0 Å². The number of morpholine rings is 1. The molecular formula is C20H20F3N3O5S. The first-order chi connectivity index (χ1) is 14.7. The van der Waals surface area contributed by atoms with Gasteiger partial charge in [-0.1, -0.05) is 0 Å². The molecular weight excluding hydrogens is 451 g/mol. The van der Waals surface area contributed by atoms with Crippen molar-refractivity contribution in [2.24, 2.45) is 11.8 Å². The SMILES string of the molecule is CCS(=O)(=O)N1CC2(C)OC(C)(C1)C1C(=O)N(c3ccc(C#N)c(C(F)(F)F)c3)C(=O)C12. The number of nitriles is 1. The number of nitrogens with zero attached hydrogens (tertiary/aromatic N) is 3. The van der Waals surface area contributed by atoms with Gasteiger partial charge in [0, 0.05) is 13.1 Å². The lowest BCUT2D eigenvalue weighted by Gasteiger charge is -2.44. The normalized spacial score (nSPS) is 32.8. The van der Waals surface area contributed by atoms with E-state index in [1.54, 1.807) is 13.8 Å². The van der Waals surface area contributed by atoms with Gasteiger partial charge in [0.15, 0.2) is 0 Å². The molecule has 172 valence electrons. The van der Waals surface area contributed by atoms with Crippen molar-refractivity contribution in [3.8, 4) is 6.07 Å². The van der Waals surface area contributed by atoms with E-state index >= 15 is 0 Å². The van der Waals surface area contributed by atoms with Crippen LogP contribution < -0.4 is 4.90 Å². The average molecular weight is 471 g/mol.